The number of nitrogens with two attached hydrogens (primary N) is 1. The van der Waals surface area contributed by atoms with E-state index in [-0.39, 0.29) is 5.91 Å². The topological polar surface area (TPSA) is 88.7 Å². The van der Waals surface area contributed by atoms with Crippen LogP contribution in [0.5, 0.6) is 5.75 Å². The average Bonchev–Trinajstić information content (AvgIpc) is 2.51. The van der Waals surface area contributed by atoms with E-state index in [4.69, 9.17) is 10.5 Å². The minimum atomic E-state index is -0.108. The second-order valence-electron chi connectivity index (χ2n) is 6.69. The summed E-state index contributed by atoms with van der Waals surface area (Å²) in [4.78, 5) is 15.3. The third-order valence-corrected chi connectivity index (χ3v) is 3.61. The standard InChI is InChI=1S/C19H32N4O2/c1-14(2)7-5-8-15(3)22-19(20)21-11-12-25-18-10-6-9-17(13-18)23-16(4)24/h6,9-10,13-15H,5,7-8,11-12H2,1-4H3,(H,23,24)(H3,20,21,22). The van der Waals surface area contributed by atoms with Crippen molar-refractivity contribution in [3.8, 4) is 5.75 Å². The fraction of sp³-hybridized carbons (Fsp3) is 0.579. The summed E-state index contributed by atoms with van der Waals surface area (Å²) in [5.41, 5.74) is 6.61. The van der Waals surface area contributed by atoms with Gasteiger partial charge in [0.2, 0.25) is 5.91 Å². The van der Waals surface area contributed by atoms with Gasteiger partial charge in [0.25, 0.3) is 0 Å². The molecule has 1 aromatic rings. The second kappa shape index (κ2) is 11.3. The van der Waals surface area contributed by atoms with E-state index in [1.807, 2.05) is 18.2 Å². The van der Waals surface area contributed by atoms with Gasteiger partial charge in [-0.2, -0.15) is 0 Å². The first kappa shape index (κ1) is 20.8. The van der Waals surface area contributed by atoms with Gasteiger partial charge in [-0.3, -0.25) is 4.79 Å². The predicted molar refractivity (Wildman–Crippen MR) is 104 cm³/mol. The molecule has 1 rings (SSSR count). The Bertz CT molecular complexity index is 558. The van der Waals surface area contributed by atoms with Gasteiger partial charge in [0.1, 0.15) is 12.4 Å². The van der Waals surface area contributed by atoms with E-state index in [1.54, 1.807) is 6.07 Å². The van der Waals surface area contributed by atoms with Crippen molar-refractivity contribution in [1.82, 2.24) is 5.32 Å². The van der Waals surface area contributed by atoms with Gasteiger partial charge in [-0.15, -0.1) is 0 Å². The number of carbonyl (C=O) groups excluding carboxylic acids is 1. The summed E-state index contributed by atoms with van der Waals surface area (Å²) in [5.74, 6) is 1.77. The number of amides is 1. The molecule has 0 heterocycles. The van der Waals surface area contributed by atoms with E-state index >= 15 is 0 Å². The molecule has 6 nitrogen and oxygen atoms in total. The second-order valence-corrected chi connectivity index (χ2v) is 6.69. The molecule has 1 aromatic carbocycles. The molecule has 0 aliphatic carbocycles. The highest BCUT2D eigenvalue weighted by molar-refractivity contribution is 5.88. The lowest BCUT2D eigenvalue weighted by molar-refractivity contribution is -0.114. The van der Waals surface area contributed by atoms with Crippen LogP contribution in [0.25, 0.3) is 0 Å². The molecule has 0 radical (unpaired) electrons. The van der Waals surface area contributed by atoms with E-state index in [0.29, 0.717) is 36.6 Å². The molecule has 1 unspecified atom stereocenters. The summed E-state index contributed by atoms with van der Waals surface area (Å²) in [6, 6.07) is 7.59. The average molecular weight is 348 g/mol. The van der Waals surface area contributed by atoms with Crippen molar-refractivity contribution in [1.29, 1.82) is 0 Å². The Labute approximate surface area is 151 Å². The first-order chi connectivity index (χ1) is 11.9. The van der Waals surface area contributed by atoms with Gasteiger partial charge >= 0.3 is 0 Å². The normalized spacial score (nSPS) is 12.8. The smallest absolute Gasteiger partial charge is 0.221 e. The third-order valence-electron chi connectivity index (χ3n) is 3.61. The van der Waals surface area contributed by atoms with Crippen LogP contribution >= 0.6 is 0 Å². The quantitative estimate of drug-likeness (QED) is 0.344. The highest BCUT2D eigenvalue weighted by Gasteiger charge is 2.04. The lowest BCUT2D eigenvalue weighted by atomic mass is 10.0. The Morgan fingerprint density at radius 3 is 2.72 bits per heavy atom. The number of aliphatic imine (C=N–C) groups is 1. The minimum absolute atomic E-state index is 0.108. The van der Waals surface area contributed by atoms with Crippen LogP contribution in [-0.4, -0.2) is 31.1 Å². The molecule has 4 N–H and O–H groups in total. The summed E-state index contributed by atoms with van der Waals surface area (Å²) in [5, 5.41) is 5.93. The highest BCUT2D eigenvalue weighted by Crippen LogP contribution is 2.17. The summed E-state index contributed by atoms with van der Waals surface area (Å²) >= 11 is 0. The van der Waals surface area contributed by atoms with Crippen LogP contribution in [-0.2, 0) is 4.79 Å². The number of hydrogen-bond acceptors (Lipinski definition) is 3. The number of rotatable bonds is 10. The predicted octanol–water partition coefficient (Wildman–Crippen LogP) is 3.14. The molecule has 0 aliphatic rings. The van der Waals surface area contributed by atoms with Crippen molar-refractivity contribution in [2.24, 2.45) is 16.6 Å². The first-order valence-corrected chi connectivity index (χ1v) is 8.93. The molecule has 1 amide bonds. The lowest BCUT2D eigenvalue weighted by Crippen LogP contribution is -2.38. The molecule has 0 spiro atoms. The Balaban J connectivity index is 2.29. The number of anilines is 1. The van der Waals surface area contributed by atoms with Crippen LogP contribution in [0.2, 0.25) is 0 Å². The maximum absolute atomic E-state index is 11.1. The van der Waals surface area contributed by atoms with E-state index in [2.05, 4.69) is 36.4 Å². The molecule has 0 aromatic heterocycles. The van der Waals surface area contributed by atoms with E-state index < -0.39 is 0 Å². The molecule has 0 saturated carbocycles. The van der Waals surface area contributed by atoms with Crippen molar-refractivity contribution in [3.05, 3.63) is 24.3 Å². The molecule has 0 saturated heterocycles. The first-order valence-electron chi connectivity index (χ1n) is 8.93. The summed E-state index contributed by atoms with van der Waals surface area (Å²) in [6.07, 6.45) is 3.50. The van der Waals surface area contributed by atoms with Gasteiger partial charge in [0.05, 0.1) is 6.54 Å². The molecule has 25 heavy (non-hydrogen) atoms. The summed E-state index contributed by atoms with van der Waals surface area (Å²) in [7, 11) is 0. The van der Waals surface area contributed by atoms with Crippen molar-refractivity contribution < 1.29 is 9.53 Å². The van der Waals surface area contributed by atoms with Crippen LogP contribution in [0.3, 0.4) is 0 Å². The largest absolute Gasteiger partial charge is 0.492 e. The van der Waals surface area contributed by atoms with E-state index in [9.17, 15) is 4.79 Å². The van der Waals surface area contributed by atoms with Gasteiger partial charge in [0, 0.05) is 24.7 Å². The number of ether oxygens (including phenoxy) is 1. The van der Waals surface area contributed by atoms with E-state index in [1.165, 1.54) is 19.8 Å². The van der Waals surface area contributed by atoms with Gasteiger partial charge < -0.3 is 21.1 Å². The molecular weight excluding hydrogens is 316 g/mol. The lowest BCUT2D eigenvalue weighted by Gasteiger charge is -2.15. The number of nitrogens with one attached hydrogen (secondary N) is 2. The molecule has 0 aliphatic heterocycles. The number of carbonyl (C=O) groups is 1. The Hall–Kier alpha value is -2.24. The molecule has 0 bridgehead atoms. The zero-order valence-corrected chi connectivity index (χ0v) is 15.8. The fourth-order valence-electron chi connectivity index (χ4n) is 2.40. The molecule has 140 valence electrons. The monoisotopic (exact) mass is 348 g/mol. The van der Waals surface area contributed by atoms with E-state index in [0.717, 1.165) is 12.3 Å². The maximum Gasteiger partial charge on any atom is 0.221 e. The van der Waals surface area contributed by atoms with Crippen LogP contribution in [0.15, 0.2) is 29.3 Å². The van der Waals surface area contributed by atoms with Crippen LogP contribution in [0.1, 0.15) is 47.0 Å². The van der Waals surface area contributed by atoms with Crippen LogP contribution < -0.4 is 21.1 Å². The highest BCUT2D eigenvalue weighted by atomic mass is 16.5. The SMILES string of the molecule is CC(=O)Nc1cccc(OCCN=C(N)NC(C)CCCC(C)C)c1. The Kier molecular flexibility index (Phi) is 9.43. The molecule has 1 atom stereocenters. The number of nitrogens with zero attached hydrogens (tertiary/aromatic N) is 1. The van der Waals surface area contributed by atoms with Crippen molar-refractivity contribution in [2.75, 3.05) is 18.5 Å². The molecule has 0 fully saturated rings. The maximum atomic E-state index is 11.1. The summed E-state index contributed by atoms with van der Waals surface area (Å²) < 4.78 is 5.63. The Morgan fingerprint density at radius 2 is 2.04 bits per heavy atom. The minimum Gasteiger partial charge on any atom is -0.492 e. The fourth-order valence-corrected chi connectivity index (χ4v) is 2.40. The van der Waals surface area contributed by atoms with Crippen LogP contribution in [0, 0.1) is 5.92 Å². The van der Waals surface area contributed by atoms with Gasteiger partial charge in [0.15, 0.2) is 5.96 Å². The van der Waals surface area contributed by atoms with Crippen molar-refractivity contribution in [2.45, 2.75) is 53.0 Å². The van der Waals surface area contributed by atoms with Crippen molar-refractivity contribution >= 4 is 17.6 Å². The van der Waals surface area contributed by atoms with Crippen molar-refractivity contribution in [3.63, 3.8) is 0 Å². The number of benzene rings is 1. The number of guanidine groups is 1. The molecule has 6 heteroatoms. The van der Waals surface area contributed by atoms with Crippen LogP contribution in [0.4, 0.5) is 5.69 Å². The number of hydrogen-bond donors (Lipinski definition) is 3. The molecular formula is C19H32N4O2. The zero-order valence-electron chi connectivity index (χ0n) is 15.8. The zero-order chi connectivity index (χ0) is 18.7. The summed E-state index contributed by atoms with van der Waals surface area (Å²) in [6.45, 7) is 8.96. The van der Waals surface area contributed by atoms with Gasteiger partial charge in [-0.25, -0.2) is 4.99 Å². The Morgan fingerprint density at radius 1 is 1.28 bits per heavy atom. The van der Waals surface area contributed by atoms with Gasteiger partial charge in [-0.05, 0) is 31.4 Å². The van der Waals surface area contributed by atoms with Gasteiger partial charge in [-0.1, -0.05) is 32.8 Å². The third kappa shape index (κ3) is 10.3.